The zero-order chi connectivity index (χ0) is 16.4. The number of benzene rings is 2. The van der Waals surface area contributed by atoms with Gasteiger partial charge < -0.3 is 14.0 Å². The third kappa shape index (κ3) is 2.95. The van der Waals surface area contributed by atoms with E-state index < -0.39 is 5.79 Å². The van der Waals surface area contributed by atoms with Crippen LogP contribution in [0.15, 0.2) is 61.2 Å². The van der Waals surface area contributed by atoms with Crippen molar-refractivity contribution in [1.82, 2.24) is 9.55 Å². The number of ether oxygens (including phenoxy) is 2. The van der Waals surface area contributed by atoms with Crippen LogP contribution in [-0.2, 0) is 21.8 Å². The van der Waals surface area contributed by atoms with Crippen LogP contribution in [0.3, 0.4) is 0 Å². The molecule has 1 saturated heterocycles. The Morgan fingerprint density at radius 1 is 1.21 bits per heavy atom. The molecule has 1 aliphatic heterocycles. The van der Waals surface area contributed by atoms with Gasteiger partial charge in [0, 0.05) is 30.9 Å². The van der Waals surface area contributed by atoms with Crippen molar-refractivity contribution in [3.05, 3.63) is 66.7 Å². The normalized spacial score (nSPS) is 24.3. The molecule has 0 N–H and O–H groups in total. The summed E-state index contributed by atoms with van der Waals surface area (Å²) in [5.41, 5.74) is 1.09. The van der Waals surface area contributed by atoms with E-state index in [1.807, 2.05) is 12.5 Å². The van der Waals surface area contributed by atoms with E-state index in [1.165, 1.54) is 10.8 Å². The zero-order valence-corrected chi connectivity index (χ0v) is 13.9. The summed E-state index contributed by atoms with van der Waals surface area (Å²) in [6.45, 7) is 3.65. The lowest BCUT2D eigenvalue weighted by atomic mass is 9.97. The zero-order valence-electron chi connectivity index (χ0n) is 13.9. The van der Waals surface area contributed by atoms with Crippen molar-refractivity contribution < 1.29 is 9.47 Å². The molecule has 0 spiro atoms. The fourth-order valence-electron chi connectivity index (χ4n) is 3.36. The summed E-state index contributed by atoms with van der Waals surface area (Å²) in [4.78, 5) is 4.12. The third-order valence-electron chi connectivity index (χ3n) is 4.70. The predicted octanol–water partition coefficient (Wildman–Crippen LogP) is 4.10. The highest BCUT2D eigenvalue weighted by atomic mass is 16.7. The maximum Gasteiger partial charge on any atom is 0.196 e. The molecule has 1 aliphatic rings. The maximum absolute atomic E-state index is 6.35. The minimum atomic E-state index is -0.689. The van der Waals surface area contributed by atoms with Crippen LogP contribution in [0.2, 0.25) is 0 Å². The first-order chi connectivity index (χ1) is 11.8. The third-order valence-corrected chi connectivity index (χ3v) is 4.70. The van der Waals surface area contributed by atoms with Crippen LogP contribution < -0.4 is 0 Å². The maximum atomic E-state index is 6.35. The van der Waals surface area contributed by atoms with E-state index in [1.54, 1.807) is 6.20 Å². The molecule has 2 unspecified atom stereocenters. The van der Waals surface area contributed by atoms with Gasteiger partial charge in [-0.2, -0.15) is 0 Å². The quantitative estimate of drug-likeness (QED) is 0.725. The molecule has 4 rings (SSSR count). The SMILES string of the molecule is CC1CCOC(CCn2ccnc2)(c2ccc3ccccc3c2)O1. The van der Waals surface area contributed by atoms with Gasteiger partial charge in [0.25, 0.3) is 0 Å². The molecule has 0 saturated carbocycles. The smallest absolute Gasteiger partial charge is 0.196 e. The second-order valence-electron chi connectivity index (χ2n) is 6.43. The van der Waals surface area contributed by atoms with E-state index in [4.69, 9.17) is 9.47 Å². The Balaban J connectivity index is 1.70. The van der Waals surface area contributed by atoms with Crippen molar-refractivity contribution >= 4 is 10.8 Å². The molecular formula is C20H22N2O2. The Labute approximate surface area is 142 Å². The standard InChI is InChI=1S/C20H22N2O2/c1-16-8-13-23-20(24-16,9-11-22-12-10-21-15-22)19-7-6-17-4-2-3-5-18(17)14-19/h2-7,10,12,14-16H,8-9,11,13H2,1H3. The highest BCUT2D eigenvalue weighted by Gasteiger charge is 2.39. The molecule has 4 heteroatoms. The molecule has 1 fully saturated rings. The lowest BCUT2D eigenvalue weighted by Gasteiger charge is -2.41. The number of imidazole rings is 1. The van der Waals surface area contributed by atoms with Gasteiger partial charge in [-0.25, -0.2) is 4.98 Å². The van der Waals surface area contributed by atoms with E-state index >= 15 is 0 Å². The molecule has 0 amide bonds. The van der Waals surface area contributed by atoms with Gasteiger partial charge in [-0.15, -0.1) is 0 Å². The van der Waals surface area contributed by atoms with Gasteiger partial charge in [0.1, 0.15) is 0 Å². The second-order valence-corrected chi connectivity index (χ2v) is 6.43. The van der Waals surface area contributed by atoms with E-state index in [0.717, 1.165) is 31.6 Å². The van der Waals surface area contributed by atoms with Crippen LogP contribution in [-0.4, -0.2) is 22.3 Å². The minimum absolute atomic E-state index is 0.188. The summed E-state index contributed by atoms with van der Waals surface area (Å²) >= 11 is 0. The fraction of sp³-hybridized carbons (Fsp3) is 0.350. The van der Waals surface area contributed by atoms with Gasteiger partial charge in [0.05, 0.1) is 19.0 Å². The van der Waals surface area contributed by atoms with Gasteiger partial charge >= 0.3 is 0 Å². The Morgan fingerprint density at radius 3 is 2.88 bits per heavy atom. The topological polar surface area (TPSA) is 36.3 Å². The van der Waals surface area contributed by atoms with Crippen molar-refractivity contribution in [3.63, 3.8) is 0 Å². The fourth-order valence-corrected chi connectivity index (χ4v) is 3.36. The number of hydrogen-bond donors (Lipinski definition) is 0. The number of hydrogen-bond acceptors (Lipinski definition) is 3. The lowest BCUT2D eigenvalue weighted by Crippen LogP contribution is -2.42. The molecule has 0 bridgehead atoms. The van der Waals surface area contributed by atoms with Crippen LogP contribution >= 0.6 is 0 Å². The first-order valence-electron chi connectivity index (χ1n) is 8.52. The van der Waals surface area contributed by atoms with Gasteiger partial charge in [0.2, 0.25) is 0 Å². The van der Waals surface area contributed by atoms with Gasteiger partial charge in [-0.3, -0.25) is 0 Å². The molecule has 3 aromatic rings. The molecule has 2 atom stereocenters. The molecule has 4 nitrogen and oxygen atoms in total. The number of aryl methyl sites for hydroxylation is 1. The first kappa shape index (κ1) is 15.4. The molecule has 0 aliphatic carbocycles. The molecule has 24 heavy (non-hydrogen) atoms. The summed E-state index contributed by atoms with van der Waals surface area (Å²) in [6.07, 6.45) is 7.48. The Morgan fingerprint density at radius 2 is 2.08 bits per heavy atom. The van der Waals surface area contributed by atoms with E-state index in [-0.39, 0.29) is 6.10 Å². The van der Waals surface area contributed by atoms with E-state index in [0.29, 0.717) is 0 Å². The van der Waals surface area contributed by atoms with Gasteiger partial charge in [0.15, 0.2) is 5.79 Å². The van der Waals surface area contributed by atoms with Crippen LogP contribution in [0.1, 0.15) is 25.3 Å². The van der Waals surface area contributed by atoms with Gasteiger partial charge in [-0.05, 0) is 30.2 Å². The monoisotopic (exact) mass is 322 g/mol. The lowest BCUT2D eigenvalue weighted by molar-refractivity contribution is -0.303. The van der Waals surface area contributed by atoms with E-state index in [9.17, 15) is 0 Å². The molecule has 124 valence electrons. The molecule has 1 aromatic heterocycles. The summed E-state index contributed by atoms with van der Waals surface area (Å²) in [5.74, 6) is -0.689. The average Bonchev–Trinajstić information content (AvgIpc) is 3.13. The summed E-state index contributed by atoms with van der Waals surface area (Å²) in [5, 5.41) is 2.44. The first-order valence-corrected chi connectivity index (χ1v) is 8.52. The molecule has 0 radical (unpaired) electrons. The summed E-state index contributed by atoms with van der Waals surface area (Å²) in [6, 6.07) is 14.9. The Hall–Kier alpha value is -2.17. The average molecular weight is 322 g/mol. The van der Waals surface area contributed by atoms with Crippen molar-refractivity contribution in [2.24, 2.45) is 0 Å². The number of fused-ring (bicyclic) bond motifs is 1. The minimum Gasteiger partial charge on any atom is -0.346 e. The largest absolute Gasteiger partial charge is 0.346 e. The van der Waals surface area contributed by atoms with Crippen molar-refractivity contribution in [2.45, 2.75) is 38.2 Å². The summed E-state index contributed by atoms with van der Waals surface area (Å²) in [7, 11) is 0. The van der Waals surface area contributed by atoms with Crippen molar-refractivity contribution in [3.8, 4) is 0 Å². The molecule has 2 aromatic carbocycles. The Bertz CT molecular complexity index is 815. The van der Waals surface area contributed by atoms with Crippen LogP contribution in [0.5, 0.6) is 0 Å². The number of rotatable bonds is 4. The molecule has 2 heterocycles. The van der Waals surface area contributed by atoms with Crippen molar-refractivity contribution in [2.75, 3.05) is 6.61 Å². The second kappa shape index (κ2) is 6.38. The van der Waals surface area contributed by atoms with Crippen LogP contribution in [0.25, 0.3) is 10.8 Å². The van der Waals surface area contributed by atoms with Crippen LogP contribution in [0.4, 0.5) is 0 Å². The predicted molar refractivity (Wildman–Crippen MR) is 93.6 cm³/mol. The molecular weight excluding hydrogens is 300 g/mol. The highest BCUT2D eigenvalue weighted by molar-refractivity contribution is 5.83. The summed E-state index contributed by atoms with van der Waals surface area (Å²) < 4.78 is 14.6. The van der Waals surface area contributed by atoms with Crippen molar-refractivity contribution in [1.29, 1.82) is 0 Å². The highest BCUT2D eigenvalue weighted by Crippen LogP contribution is 2.38. The van der Waals surface area contributed by atoms with Gasteiger partial charge in [-0.1, -0.05) is 36.4 Å². The van der Waals surface area contributed by atoms with Crippen LogP contribution in [0, 0.1) is 0 Å². The number of nitrogens with zero attached hydrogens (tertiary/aromatic N) is 2. The number of aromatic nitrogens is 2. The van der Waals surface area contributed by atoms with E-state index in [2.05, 4.69) is 58.9 Å². The Kier molecular flexibility index (Phi) is 4.08.